The van der Waals surface area contributed by atoms with E-state index in [0.29, 0.717) is 12.4 Å². The number of nitrogens with zero attached hydrogens (tertiary/aromatic N) is 2. The van der Waals surface area contributed by atoms with Gasteiger partial charge in [0.15, 0.2) is 5.16 Å². The molecule has 0 bridgehead atoms. The second-order valence-electron chi connectivity index (χ2n) is 4.20. The van der Waals surface area contributed by atoms with E-state index in [2.05, 4.69) is 4.98 Å². The maximum atomic E-state index is 10.8. The number of aromatic carboxylic acids is 1. The van der Waals surface area contributed by atoms with Crippen LogP contribution in [0, 0.1) is 0 Å². The molecule has 0 spiro atoms. The van der Waals surface area contributed by atoms with Crippen molar-refractivity contribution >= 4 is 17.7 Å². The Kier molecular flexibility index (Phi) is 5.06. The van der Waals surface area contributed by atoms with Gasteiger partial charge in [-0.3, -0.25) is 0 Å². The number of imidazole rings is 1. The van der Waals surface area contributed by atoms with Crippen molar-refractivity contribution in [2.45, 2.75) is 11.6 Å². The van der Waals surface area contributed by atoms with Crippen molar-refractivity contribution in [2.24, 2.45) is 7.05 Å². The fourth-order valence-electron chi connectivity index (χ4n) is 1.62. The fraction of sp³-hybridized carbons (Fsp3) is 0.286. The van der Waals surface area contributed by atoms with E-state index in [0.717, 1.165) is 17.3 Å². The summed E-state index contributed by atoms with van der Waals surface area (Å²) in [4.78, 5) is 15.0. The molecule has 106 valence electrons. The molecule has 0 atom stereocenters. The number of benzene rings is 1. The molecule has 0 fully saturated rings. The first-order valence-corrected chi connectivity index (χ1v) is 7.21. The predicted molar refractivity (Wildman–Crippen MR) is 77.4 cm³/mol. The van der Waals surface area contributed by atoms with Crippen LogP contribution in [-0.2, 0) is 7.05 Å². The van der Waals surface area contributed by atoms with Crippen molar-refractivity contribution in [3.63, 3.8) is 0 Å². The zero-order chi connectivity index (χ0) is 14.4. The number of aromatic nitrogens is 2. The Morgan fingerprint density at radius 1 is 1.50 bits per heavy atom. The highest BCUT2D eigenvalue weighted by atomic mass is 32.2. The zero-order valence-electron chi connectivity index (χ0n) is 11.2. The number of carboxylic acid groups (broad SMARTS) is 1. The van der Waals surface area contributed by atoms with Gasteiger partial charge in [0.1, 0.15) is 5.75 Å². The summed E-state index contributed by atoms with van der Waals surface area (Å²) in [6.45, 7) is 0.556. The monoisotopic (exact) mass is 292 g/mol. The highest BCUT2D eigenvalue weighted by Crippen LogP contribution is 2.17. The van der Waals surface area contributed by atoms with E-state index in [1.54, 1.807) is 36.2 Å². The highest BCUT2D eigenvalue weighted by molar-refractivity contribution is 7.99. The maximum Gasteiger partial charge on any atom is 0.335 e. The van der Waals surface area contributed by atoms with Gasteiger partial charge in [-0.15, -0.1) is 0 Å². The van der Waals surface area contributed by atoms with Crippen molar-refractivity contribution in [2.75, 3.05) is 12.4 Å². The van der Waals surface area contributed by atoms with Gasteiger partial charge in [-0.1, -0.05) is 17.8 Å². The van der Waals surface area contributed by atoms with Crippen LogP contribution in [0.4, 0.5) is 0 Å². The summed E-state index contributed by atoms with van der Waals surface area (Å²) in [5, 5.41) is 9.87. The van der Waals surface area contributed by atoms with Crippen LogP contribution >= 0.6 is 11.8 Å². The molecule has 2 aromatic rings. The van der Waals surface area contributed by atoms with Crippen molar-refractivity contribution in [3.8, 4) is 5.75 Å². The number of ether oxygens (including phenoxy) is 1. The molecule has 2 rings (SSSR count). The van der Waals surface area contributed by atoms with E-state index >= 15 is 0 Å². The number of carbonyl (C=O) groups is 1. The van der Waals surface area contributed by atoms with Crippen molar-refractivity contribution in [1.82, 2.24) is 9.55 Å². The average Bonchev–Trinajstić information content (AvgIpc) is 2.84. The van der Waals surface area contributed by atoms with Crippen LogP contribution in [0.25, 0.3) is 0 Å². The standard InChI is InChI=1S/C14H16N2O3S/c1-16-7-6-15-14(16)20-9-3-8-19-12-5-2-4-11(10-12)13(17)18/h2,4-7,10H,3,8-9H2,1H3,(H,17,18). The van der Waals surface area contributed by atoms with Gasteiger partial charge >= 0.3 is 5.97 Å². The number of carboxylic acids is 1. The lowest BCUT2D eigenvalue weighted by atomic mass is 10.2. The van der Waals surface area contributed by atoms with Crippen molar-refractivity contribution in [3.05, 3.63) is 42.2 Å². The lowest BCUT2D eigenvalue weighted by molar-refractivity contribution is 0.0696. The molecular formula is C14H16N2O3S. The normalized spacial score (nSPS) is 10.4. The van der Waals surface area contributed by atoms with Crippen LogP contribution in [0.2, 0.25) is 0 Å². The minimum atomic E-state index is -0.944. The summed E-state index contributed by atoms with van der Waals surface area (Å²) in [6.07, 6.45) is 4.56. The molecule has 0 saturated heterocycles. The van der Waals surface area contributed by atoms with E-state index in [1.165, 1.54) is 6.07 Å². The second kappa shape index (κ2) is 7.00. The molecule has 5 nitrogen and oxygen atoms in total. The second-order valence-corrected chi connectivity index (χ2v) is 5.27. The summed E-state index contributed by atoms with van der Waals surface area (Å²) in [5.41, 5.74) is 0.241. The molecule has 20 heavy (non-hydrogen) atoms. The summed E-state index contributed by atoms with van der Waals surface area (Å²) in [7, 11) is 1.96. The lowest BCUT2D eigenvalue weighted by Crippen LogP contribution is -2.01. The van der Waals surface area contributed by atoms with Gasteiger partial charge in [-0.25, -0.2) is 9.78 Å². The number of thioether (sulfide) groups is 1. The molecule has 1 N–H and O–H groups in total. The maximum absolute atomic E-state index is 10.8. The fourth-order valence-corrected chi connectivity index (χ4v) is 2.47. The van der Waals surface area contributed by atoms with E-state index in [1.807, 2.05) is 17.8 Å². The summed E-state index contributed by atoms with van der Waals surface area (Å²) in [5.74, 6) is 0.552. The van der Waals surface area contributed by atoms with Gasteiger partial charge in [-0.2, -0.15) is 0 Å². The third-order valence-corrected chi connectivity index (χ3v) is 3.79. The van der Waals surface area contributed by atoms with E-state index in [9.17, 15) is 4.79 Å². The van der Waals surface area contributed by atoms with E-state index < -0.39 is 5.97 Å². The molecule has 1 aromatic carbocycles. The Hall–Kier alpha value is -1.95. The molecule has 6 heteroatoms. The van der Waals surface area contributed by atoms with E-state index in [4.69, 9.17) is 9.84 Å². The number of rotatable bonds is 7. The predicted octanol–water partition coefficient (Wildman–Crippen LogP) is 2.68. The minimum Gasteiger partial charge on any atom is -0.494 e. The van der Waals surface area contributed by atoms with Gasteiger partial charge in [0.25, 0.3) is 0 Å². The molecular weight excluding hydrogens is 276 g/mol. The van der Waals surface area contributed by atoms with Crippen LogP contribution in [0.5, 0.6) is 5.75 Å². The molecule has 0 aliphatic rings. The summed E-state index contributed by atoms with van der Waals surface area (Å²) in [6, 6.07) is 6.53. The Morgan fingerprint density at radius 2 is 2.35 bits per heavy atom. The largest absolute Gasteiger partial charge is 0.494 e. The SMILES string of the molecule is Cn1ccnc1SCCCOc1cccc(C(=O)O)c1. The topological polar surface area (TPSA) is 64.4 Å². The highest BCUT2D eigenvalue weighted by Gasteiger charge is 2.04. The molecule has 1 heterocycles. The Bertz CT molecular complexity index is 583. The Labute approximate surface area is 121 Å². The zero-order valence-corrected chi connectivity index (χ0v) is 12.0. The molecule has 0 unspecified atom stereocenters. The molecule has 0 saturated carbocycles. The molecule has 0 aliphatic carbocycles. The van der Waals surface area contributed by atoms with Crippen LogP contribution in [0.1, 0.15) is 16.8 Å². The summed E-state index contributed by atoms with van der Waals surface area (Å²) < 4.78 is 7.52. The third-order valence-electron chi connectivity index (χ3n) is 2.65. The van der Waals surface area contributed by atoms with Crippen LogP contribution < -0.4 is 4.74 Å². The van der Waals surface area contributed by atoms with Gasteiger partial charge in [-0.05, 0) is 24.6 Å². The molecule has 0 aliphatic heterocycles. The van der Waals surface area contributed by atoms with Gasteiger partial charge in [0.2, 0.25) is 0 Å². The first-order chi connectivity index (χ1) is 9.66. The molecule has 0 amide bonds. The van der Waals surface area contributed by atoms with Gasteiger partial charge < -0.3 is 14.4 Å². The summed E-state index contributed by atoms with van der Waals surface area (Å²) >= 11 is 1.67. The number of hydrogen-bond acceptors (Lipinski definition) is 4. The van der Waals surface area contributed by atoms with Crippen molar-refractivity contribution < 1.29 is 14.6 Å². The quantitative estimate of drug-likeness (QED) is 0.628. The van der Waals surface area contributed by atoms with Crippen LogP contribution in [0.15, 0.2) is 41.8 Å². The average molecular weight is 292 g/mol. The van der Waals surface area contributed by atoms with Gasteiger partial charge in [0.05, 0.1) is 12.2 Å². The first-order valence-electron chi connectivity index (χ1n) is 6.23. The van der Waals surface area contributed by atoms with E-state index in [-0.39, 0.29) is 5.56 Å². The molecule has 0 radical (unpaired) electrons. The smallest absolute Gasteiger partial charge is 0.335 e. The molecule has 1 aromatic heterocycles. The third kappa shape index (κ3) is 4.03. The Morgan fingerprint density at radius 3 is 3.05 bits per heavy atom. The lowest BCUT2D eigenvalue weighted by Gasteiger charge is -2.06. The van der Waals surface area contributed by atoms with Crippen LogP contribution in [-0.4, -0.2) is 33.0 Å². The van der Waals surface area contributed by atoms with Crippen LogP contribution in [0.3, 0.4) is 0 Å². The minimum absolute atomic E-state index is 0.241. The van der Waals surface area contributed by atoms with Crippen molar-refractivity contribution in [1.29, 1.82) is 0 Å². The first kappa shape index (κ1) is 14.5. The Balaban J connectivity index is 1.72. The number of hydrogen-bond donors (Lipinski definition) is 1. The number of aryl methyl sites for hydroxylation is 1. The van der Waals surface area contributed by atoms with Gasteiger partial charge in [0, 0.05) is 25.2 Å².